The second-order valence-corrected chi connectivity index (χ2v) is 3.83. The highest BCUT2D eigenvalue weighted by Crippen LogP contribution is 2.24. The largest absolute Gasteiger partial charge is 0.508 e. The van der Waals surface area contributed by atoms with E-state index in [9.17, 15) is 14.4 Å². The summed E-state index contributed by atoms with van der Waals surface area (Å²) in [4.78, 5) is 11.9. The van der Waals surface area contributed by atoms with Crippen LogP contribution in [0.5, 0.6) is 11.5 Å². The smallest absolute Gasteiger partial charge is 0.259 e. The minimum Gasteiger partial charge on any atom is -0.508 e. The Labute approximate surface area is 108 Å². The number of amides is 1. The lowest BCUT2D eigenvalue weighted by Gasteiger charge is -2.08. The zero-order valence-electron chi connectivity index (χ0n) is 9.72. The van der Waals surface area contributed by atoms with Gasteiger partial charge in [-0.15, -0.1) is 4.48 Å². The standard InChI is InChI=1S/C13H11FN2O3/c14-16-9-3-1-2-8(6-9)15-13(19)11-5-4-10(17)7-12(11)18/h1-7,16-18H,(H,15,19). The van der Waals surface area contributed by atoms with E-state index < -0.39 is 5.91 Å². The average Bonchev–Trinajstić information content (AvgIpc) is 2.38. The fraction of sp³-hybridized carbons (Fsp3) is 0. The quantitative estimate of drug-likeness (QED) is 0.641. The molecule has 98 valence electrons. The number of carbonyl (C=O) groups excluding carboxylic acids is 1. The molecule has 0 saturated carbocycles. The summed E-state index contributed by atoms with van der Waals surface area (Å²) in [5.41, 5.74) is 2.05. The molecule has 0 aliphatic carbocycles. The van der Waals surface area contributed by atoms with Crippen LogP contribution in [-0.4, -0.2) is 16.1 Å². The lowest BCUT2D eigenvalue weighted by atomic mass is 10.1. The first-order chi connectivity index (χ1) is 9.10. The maximum Gasteiger partial charge on any atom is 0.259 e. The number of nitrogens with one attached hydrogen (secondary N) is 2. The third kappa shape index (κ3) is 2.92. The van der Waals surface area contributed by atoms with Gasteiger partial charge >= 0.3 is 0 Å². The molecule has 5 nitrogen and oxygen atoms in total. The van der Waals surface area contributed by atoms with Crippen LogP contribution in [0.15, 0.2) is 42.5 Å². The lowest BCUT2D eigenvalue weighted by molar-refractivity contribution is 0.102. The van der Waals surface area contributed by atoms with Crippen molar-refractivity contribution in [2.24, 2.45) is 0 Å². The van der Waals surface area contributed by atoms with Gasteiger partial charge in [-0.25, -0.2) is 5.54 Å². The second kappa shape index (κ2) is 5.26. The fourth-order valence-electron chi connectivity index (χ4n) is 1.57. The molecule has 0 fully saturated rings. The Kier molecular flexibility index (Phi) is 3.51. The summed E-state index contributed by atoms with van der Waals surface area (Å²) in [5.74, 6) is -1.04. The van der Waals surface area contributed by atoms with E-state index >= 15 is 0 Å². The second-order valence-electron chi connectivity index (χ2n) is 3.83. The summed E-state index contributed by atoms with van der Waals surface area (Å²) >= 11 is 0. The van der Waals surface area contributed by atoms with E-state index in [4.69, 9.17) is 5.11 Å². The maximum absolute atomic E-state index is 12.2. The van der Waals surface area contributed by atoms with Crippen molar-refractivity contribution >= 4 is 17.3 Å². The fourth-order valence-corrected chi connectivity index (χ4v) is 1.57. The van der Waals surface area contributed by atoms with Gasteiger partial charge in [0.25, 0.3) is 5.91 Å². The molecule has 0 saturated heterocycles. The molecule has 2 rings (SSSR count). The topological polar surface area (TPSA) is 81.6 Å². The van der Waals surface area contributed by atoms with Crippen molar-refractivity contribution < 1.29 is 19.5 Å². The molecule has 1 amide bonds. The molecule has 0 heterocycles. The van der Waals surface area contributed by atoms with Crippen molar-refractivity contribution in [1.29, 1.82) is 0 Å². The Morgan fingerprint density at radius 3 is 2.47 bits per heavy atom. The van der Waals surface area contributed by atoms with Gasteiger partial charge in [0.1, 0.15) is 11.5 Å². The predicted octanol–water partition coefficient (Wildman–Crippen LogP) is 2.65. The van der Waals surface area contributed by atoms with Crippen LogP contribution < -0.4 is 10.9 Å². The Bertz CT molecular complexity index is 617. The molecule has 0 radical (unpaired) electrons. The summed E-state index contributed by atoms with van der Waals surface area (Å²) in [5, 5.41) is 21.2. The van der Waals surface area contributed by atoms with Gasteiger partial charge in [0.2, 0.25) is 0 Å². The van der Waals surface area contributed by atoms with E-state index in [2.05, 4.69) is 5.32 Å². The van der Waals surface area contributed by atoms with Crippen LogP contribution in [0.25, 0.3) is 0 Å². The van der Waals surface area contributed by atoms with Crippen LogP contribution in [0, 0.1) is 0 Å². The number of rotatable bonds is 3. The number of carbonyl (C=O) groups is 1. The highest BCUT2D eigenvalue weighted by atomic mass is 19.2. The average molecular weight is 262 g/mol. The molecule has 0 unspecified atom stereocenters. The number of anilines is 2. The molecule has 2 aromatic rings. The van der Waals surface area contributed by atoms with E-state index in [1.807, 2.05) is 0 Å². The van der Waals surface area contributed by atoms with Crippen LogP contribution in [0.4, 0.5) is 15.9 Å². The van der Waals surface area contributed by atoms with Gasteiger partial charge in [-0.2, -0.15) is 0 Å². The van der Waals surface area contributed by atoms with Crippen molar-refractivity contribution in [2.45, 2.75) is 0 Å². The maximum atomic E-state index is 12.2. The van der Waals surface area contributed by atoms with Crippen LogP contribution in [0.3, 0.4) is 0 Å². The summed E-state index contributed by atoms with van der Waals surface area (Å²) in [6.45, 7) is 0. The molecule has 19 heavy (non-hydrogen) atoms. The number of hydrogen-bond donors (Lipinski definition) is 4. The molecule has 0 spiro atoms. The van der Waals surface area contributed by atoms with Crippen LogP contribution in [0.2, 0.25) is 0 Å². The number of aromatic hydroxyl groups is 2. The Balaban J connectivity index is 2.20. The van der Waals surface area contributed by atoms with Gasteiger partial charge in [0.05, 0.1) is 11.3 Å². The number of phenolic OH excluding ortho intramolecular Hbond substituents is 2. The number of benzene rings is 2. The summed E-state index contributed by atoms with van der Waals surface area (Å²) < 4.78 is 12.2. The van der Waals surface area contributed by atoms with Crippen molar-refractivity contribution in [3.63, 3.8) is 0 Å². The van der Waals surface area contributed by atoms with E-state index in [1.54, 1.807) is 12.1 Å². The van der Waals surface area contributed by atoms with Crippen molar-refractivity contribution in [1.82, 2.24) is 0 Å². The van der Waals surface area contributed by atoms with Gasteiger partial charge in [-0.1, -0.05) is 6.07 Å². The SMILES string of the molecule is O=C(Nc1cccc(NF)c1)c1ccc(O)cc1O. The highest BCUT2D eigenvalue weighted by molar-refractivity contribution is 6.06. The van der Waals surface area contributed by atoms with Crippen LogP contribution in [-0.2, 0) is 0 Å². The third-order valence-electron chi connectivity index (χ3n) is 2.46. The molecule has 6 heteroatoms. The first kappa shape index (κ1) is 12.7. The van der Waals surface area contributed by atoms with Gasteiger partial charge < -0.3 is 15.5 Å². The molecular weight excluding hydrogens is 251 g/mol. The Hall–Kier alpha value is -2.76. The molecule has 0 aromatic heterocycles. The molecule has 0 aliphatic rings. The molecule has 0 bridgehead atoms. The first-order valence-electron chi connectivity index (χ1n) is 5.40. The Morgan fingerprint density at radius 1 is 1.05 bits per heavy atom. The Morgan fingerprint density at radius 2 is 1.79 bits per heavy atom. The summed E-state index contributed by atoms with van der Waals surface area (Å²) in [6, 6.07) is 9.67. The zero-order valence-corrected chi connectivity index (χ0v) is 9.72. The number of hydrogen-bond acceptors (Lipinski definition) is 4. The van der Waals surface area contributed by atoms with Gasteiger partial charge in [-0.05, 0) is 30.3 Å². The predicted molar refractivity (Wildman–Crippen MR) is 68.9 cm³/mol. The first-order valence-corrected chi connectivity index (χ1v) is 5.40. The zero-order chi connectivity index (χ0) is 13.8. The summed E-state index contributed by atoms with van der Waals surface area (Å²) in [7, 11) is 0. The summed E-state index contributed by atoms with van der Waals surface area (Å²) in [6.07, 6.45) is 0. The van der Waals surface area contributed by atoms with Crippen molar-refractivity contribution in [3.05, 3.63) is 48.0 Å². The van der Waals surface area contributed by atoms with Crippen LogP contribution in [0.1, 0.15) is 10.4 Å². The number of halogens is 1. The molecule has 0 aliphatic heterocycles. The monoisotopic (exact) mass is 262 g/mol. The molecular formula is C13H11FN2O3. The number of phenols is 2. The van der Waals surface area contributed by atoms with E-state index in [0.717, 1.165) is 6.07 Å². The molecule has 4 N–H and O–H groups in total. The van der Waals surface area contributed by atoms with Crippen molar-refractivity contribution in [3.8, 4) is 11.5 Å². The normalized spacial score (nSPS) is 9.95. The van der Waals surface area contributed by atoms with Gasteiger partial charge in [0.15, 0.2) is 0 Å². The van der Waals surface area contributed by atoms with E-state index in [-0.39, 0.29) is 22.7 Å². The van der Waals surface area contributed by atoms with E-state index in [0.29, 0.717) is 5.69 Å². The minimum absolute atomic E-state index is 0.0106. The lowest BCUT2D eigenvalue weighted by Crippen LogP contribution is -2.12. The van der Waals surface area contributed by atoms with E-state index in [1.165, 1.54) is 29.8 Å². The third-order valence-corrected chi connectivity index (χ3v) is 2.46. The van der Waals surface area contributed by atoms with Crippen LogP contribution >= 0.6 is 0 Å². The van der Waals surface area contributed by atoms with Crippen molar-refractivity contribution in [2.75, 3.05) is 10.9 Å². The van der Waals surface area contributed by atoms with Gasteiger partial charge in [-0.3, -0.25) is 4.79 Å². The molecule has 2 aromatic carbocycles. The minimum atomic E-state index is -0.562. The van der Waals surface area contributed by atoms with Gasteiger partial charge in [0, 0.05) is 11.8 Å². The molecule has 0 atom stereocenters. The highest BCUT2D eigenvalue weighted by Gasteiger charge is 2.12.